The molecule has 1 saturated heterocycles. The van der Waals surface area contributed by atoms with Gasteiger partial charge in [0.05, 0.1) is 17.6 Å². The number of benzene rings is 2. The van der Waals surface area contributed by atoms with Crippen molar-refractivity contribution in [2.24, 2.45) is 0 Å². The molecule has 1 heterocycles. The highest BCUT2D eigenvalue weighted by Gasteiger charge is 2.21. The minimum atomic E-state index is -0.425. The Hall–Kier alpha value is -2.44. The molecule has 24 heavy (non-hydrogen) atoms. The van der Waals surface area contributed by atoms with Crippen molar-refractivity contribution in [3.8, 4) is 5.75 Å². The zero-order chi connectivity index (χ0) is 16.8. The van der Waals surface area contributed by atoms with Crippen LogP contribution >= 0.6 is 0 Å². The van der Waals surface area contributed by atoms with Crippen molar-refractivity contribution in [3.05, 3.63) is 70.3 Å². The Labute approximate surface area is 140 Å². The number of hydrogen-bond donors (Lipinski definition) is 0. The number of non-ortho nitro benzene ring substituents is 1. The van der Waals surface area contributed by atoms with E-state index in [1.54, 1.807) is 12.1 Å². The Morgan fingerprint density at radius 2 is 2.04 bits per heavy atom. The summed E-state index contributed by atoms with van der Waals surface area (Å²) >= 11 is 0. The molecule has 1 aliphatic rings. The number of rotatable bonds is 6. The smallest absolute Gasteiger partial charge is 0.273 e. The van der Waals surface area contributed by atoms with Gasteiger partial charge in [-0.3, -0.25) is 15.0 Å². The number of nitro groups is 1. The largest absolute Gasteiger partial charge is 0.491 e. The molecule has 1 atom stereocenters. The quantitative estimate of drug-likeness (QED) is 0.602. The first kappa shape index (κ1) is 16.4. The van der Waals surface area contributed by atoms with E-state index in [1.165, 1.54) is 17.7 Å². The van der Waals surface area contributed by atoms with Gasteiger partial charge in [0.1, 0.15) is 18.5 Å². The summed E-state index contributed by atoms with van der Waals surface area (Å²) in [6.45, 7) is 3.60. The van der Waals surface area contributed by atoms with Crippen LogP contribution in [0.5, 0.6) is 5.75 Å². The highest BCUT2D eigenvalue weighted by Crippen LogP contribution is 2.20. The molecular weight excluding hydrogens is 308 g/mol. The maximum Gasteiger partial charge on any atom is 0.273 e. The Balaban J connectivity index is 1.52. The number of hydrogen-bond acceptors (Lipinski definition) is 5. The Morgan fingerprint density at radius 1 is 1.21 bits per heavy atom. The molecule has 2 aromatic rings. The number of ether oxygens (including phenoxy) is 2. The Kier molecular flexibility index (Phi) is 5.40. The van der Waals surface area contributed by atoms with Crippen molar-refractivity contribution in [1.29, 1.82) is 0 Å². The van der Waals surface area contributed by atoms with Gasteiger partial charge in [0.2, 0.25) is 0 Å². The van der Waals surface area contributed by atoms with Crippen LogP contribution in [0.25, 0.3) is 0 Å². The normalized spacial score (nSPS) is 18.2. The zero-order valence-corrected chi connectivity index (χ0v) is 13.3. The van der Waals surface area contributed by atoms with E-state index in [9.17, 15) is 10.1 Å². The molecule has 0 bridgehead atoms. The molecule has 3 rings (SSSR count). The highest BCUT2D eigenvalue weighted by atomic mass is 16.6. The van der Waals surface area contributed by atoms with Crippen LogP contribution < -0.4 is 4.74 Å². The maximum atomic E-state index is 10.8. The van der Waals surface area contributed by atoms with E-state index >= 15 is 0 Å². The predicted molar refractivity (Wildman–Crippen MR) is 90.1 cm³/mol. The molecule has 0 saturated carbocycles. The van der Waals surface area contributed by atoms with Crippen LogP contribution in [-0.4, -0.2) is 42.2 Å². The van der Waals surface area contributed by atoms with Gasteiger partial charge in [-0.2, -0.15) is 0 Å². The molecule has 0 aliphatic carbocycles. The van der Waals surface area contributed by atoms with Crippen LogP contribution in [0.1, 0.15) is 5.56 Å². The summed E-state index contributed by atoms with van der Waals surface area (Å²) in [7, 11) is 0. The third-order valence-corrected chi connectivity index (χ3v) is 3.94. The van der Waals surface area contributed by atoms with Crippen LogP contribution in [-0.2, 0) is 11.3 Å². The predicted octanol–water partition coefficient (Wildman–Crippen LogP) is 2.87. The standard InChI is InChI=1S/C18H20N2O4/c21-20(22)16-7-4-8-17(11-16)24-14-18-13-19(9-10-23-18)12-15-5-2-1-3-6-15/h1-8,11,18H,9-10,12-14H2/t18-/m1/s1. The number of morpholine rings is 1. The molecule has 6 nitrogen and oxygen atoms in total. The molecule has 0 N–H and O–H groups in total. The van der Waals surface area contributed by atoms with Crippen LogP contribution in [0.4, 0.5) is 5.69 Å². The van der Waals surface area contributed by atoms with Crippen molar-refractivity contribution in [3.63, 3.8) is 0 Å². The first-order valence-electron chi connectivity index (χ1n) is 7.96. The molecule has 0 amide bonds. The van der Waals surface area contributed by atoms with E-state index in [0.717, 1.165) is 19.6 Å². The first-order chi connectivity index (χ1) is 11.7. The molecule has 126 valence electrons. The second-order valence-corrected chi connectivity index (χ2v) is 5.78. The lowest BCUT2D eigenvalue weighted by atomic mass is 10.2. The SMILES string of the molecule is O=[N+]([O-])c1cccc(OC[C@H]2CN(Cc3ccccc3)CCO2)c1. The molecule has 6 heteroatoms. The molecule has 0 unspecified atom stereocenters. The molecule has 1 fully saturated rings. The van der Waals surface area contributed by atoms with E-state index in [2.05, 4.69) is 17.0 Å². The van der Waals surface area contributed by atoms with Gasteiger partial charge in [0.15, 0.2) is 0 Å². The second-order valence-electron chi connectivity index (χ2n) is 5.78. The second kappa shape index (κ2) is 7.90. The lowest BCUT2D eigenvalue weighted by Crippen LogP contribution is -2.44. The fourth-order valence-electron chi connectivity index (χ4n) is 2.74. The van der Waals surface area contributed by atoms with Crippen molar-refractivity contribution >= 4 is 5.69 Å². The molecule has 0 spiro atoms. The minimum absolute atomic E-state index is 0.0303. The topological polar surface area (TPSA) is 64.8 Å². The average molecular weight is 328 g/mol. The third kappa shape index (κ3) is 4.53. The van der Waals surface area contributed by atoms with Crippen molar-refractivity contribution in [2.45, 2.75) is 12.6 Å². The molecular formula is C18H20N2O4. The third-order valence-electron chi connectivity index (χ3n) is 3.94. The molecule has 2 aromatic carbocycles. The maximum absolute atomic E-state index is 10.8. The van der Waals surface area contributed by atoms with Crippen LogP contribution in [0.2, 0.25) is 0 Å². The van der Waals surface area contributed by atoms with Gasteiger partial charge >= 0.3 is 0 Å². The molecule has 0 radical (unpaired) electrons. The van der Waals surface area contributed by atoms with Gasteiger partial charge in [-0.25, -0.2) is 0 Å². The monoisotopic (exact) mass is 328 g/mol. The van der Waals surface area contributed by atoms with Gasteiger partial charge in [-0.1, -0.05) is 36.4 Å². The van der Waals surface area contributed by atoms with Crippen molar-refractivity contribution in [2.75, 3.05) is 26.3 Å². The number of nitrogens with zero attached hydrogens (tertiary/aromatic N) is 2. The lowest BCUT2D eigenvalue weighted by molar-refractivity contribution is -0.384. The van der Waals surface area contributed by atoms with Crippen molar-refractivity contribution < 1.29 is 14.4 Å². The molecule has 0 aromatic heterocycles. The summed E-state index contributed by atoms with van der Waals surface area (Å²) in [4.78, 5) is 12.7. The van der Waals surface area contributed by atoms with Crippen LogP contribution in [0, 0.1) is 10.1 Å². The summed E-state index contributed by atoms with van der Waals surface area (Å²) in [5.74, 6) is 0.494. The zero-order valence-electron chi connectivity index (χ0n) is 13.3. The van der Waals surface area contributed by atoms with Gasteiger partial charge in [-0.15, -0.1) is 0 Å². The Bertz CT molecular complexity index is 678. The first-order valence-corrected chi connectivity index (χ1v) is 7.96. The van der Waals surface area contributed by atoms with Gasteiger partial charge < -0.3 is 9.47 Å². The van der Waals surface area contributed by atoms with E-state index in [0.29, 0.717) is 19.0 Å². The summed E-state index contributed by atoms with van der Waals surface area (Å²) in [6.07, 6.45) is -0.0401. The van der Waals surface area contributed by atoms with Crippen molar-refractivity contribution in [1.82, 2.24) is 4.90 Å². The molecule has 1 aliphatic heterocycles. The van der Waals surface area contributed by atoms with E-state index in [1.807, 2.05) is 18.2 Å². The number of nitro benzene ring substituents is 1. The van der Waals surface area contributed by atoms with Crippen LogP contribution in [0.3, 0.4) is 0 Å². The summed E-state index contributed by atoms with van der Waals surface area (Å²) in [5, 5.41) is 10.8. The van der Waals surface area contributed by atoms with E-state index in [-0.39, 0.29) is 11.8 Å². The Morgan fingerprint density at radius 3 is 2.83 bits per heavy atom. The summed E-state index contributed by atoms with van der Waals surface area (Å²) in [5.41, 5.74) is 1.31. The lowest BCUT2D eigenvalue weighted by Gasteiger charge is -2.32. The van der Waals surface area contributed by atoms with Gasteiger partial charge in [0.25, 0.3) is 5.69 Å². The van der Waals surface area contributed by atoms with Crippen LogP contribution in [0.15, 0.2) is 54.6 Å². The fourth-order valence-corrected chi connectivity index (χ4v) is 2.74. The average Bonchev–Trinajstić information content (AvgIpc) is 2.61. The summed E-state index contributed by atoms with van der Waals surface area (Å²) < 4.78 is 11.4. The highest BCUT2D eigenvalue weighted by molar-refractivity contribution is 5.37. The van der Waals surface area contributed by atoms with Gasteiger partial charge in [-0.05, 0) is 11.6 Å². The van der Waals surface area contributed by atoms with E-state index < -0.39 is 4.92 Å². The fraction of sp³-hybridized carbons (Fsp3) is 0.333. The summed E-state index contributed by atoms with van der Waals surface area (Å²) in [6, 6.07) is 16.6. The van der Waals surface area contributed by atoms with Gasteiger partial charge in [0, 0.05) is 25.7 Å². The minimum Gasteiger partial charge on any atom is -0.491 e. The van der Waals surface area contributed by atoms with E-state index in [4.69, 9.17) is 9.47 Å².